The minimum absolute atomic E-state index is 0.0668. The fraction of sp³-hybridized carbons (Fsp3) is 0.424. The van der Waals surface area contributed by atoms with Gasteiger partial charge in [-0.15, -0.1) is 0 Å². The van der Waals surface area contributed by atoms with E-state index in [1.807, 2.05) is 36.4 Å². The van der Waals surface area contributed by atoms with Crippen molar-refractivity contribution < 1.29 is 14.3 Å². The monoisotopic (exact) mass is 574 g/mol. The van der Waals surface area contributed by atoms with Crippen molar-refractivity contribution in [2.24, 2.45) is 5.73 Å². The number of benzene rings is 2. The third-order valence-electron chi connectivity index (χ3n) is 8.21. The number of primary amides is 1. The van der Waals surface area contributed by atoms with Crippen molar-refractivity contribution in [1.29, 1.82) is 0 Å². The van der Waals surface area contributed by atoms with E-state index in [-0.39, 0.29) is 12.5 Å². The molecule has 1 aliphatic heterocycles. The molecule has 2 aliphatic rings. The lowest BCUT2D eigenvalue weighted by Gasteiger charge is -2.34. The molecule has 2 heterocycles. The molecule has 1 aliphatic carbocycles. The number of hydrogen-bond acceptors (Lipinski definition) is 5. The van der Waals surface area contributed by atoms with Crippen molar-refractivity contribution in [3.05, 3.63) is 82.0 Å². The summed E-state index contributed by atoms with van der Waals surface area (Å²) in [7, 11) is 0. The van der Waals surface area contributed by atoms with Gasteiger partial charge in [0, 0.05) is 17.1 Å². The number of aryl methyl sites for hydroxylation is 1. The molecule has 1 fully saturated rings. The van der Waals surface area contributed by atoms with Crippen LogP contribution in [0.5, 0.6) is 5.75 Å². The van der Waals surface area contributed by atoms with Crippen LogP contribution in [-0.4, -0.2) is 54.5 Å². The Hall–Kier alpha value is -3.42. The Morgan fingerprint density at radius 1 is 1.00 bits per heavy atom. The fourth-order valence-electron chi connectivity index (χ4n) is 6.01. The van der Waals surface area contributed by atoms with Crippen LogP contribution >= 0.6 is 11.6 Å². The van der Waals surface area contributed by atoms with Gasteiger partial charge in [-0.25, -0.2) is 4.98 Å². The van der Waals surface area contributed by atoms with E-state index in [1.54, 1.807) is 6.07 Å². The van der Waals surface area contributed by atoms with E-state index in [9.17, 15) is 9.59 Å². The van der Waals surface area contributed by atoms with Crippen LogP contribution in [0.1, 0.15) is 71.6 Å². The quantitative estimate of drug-likeness (QED) is 0.293. The van der Waals surface area contributed by atoms with Crippen LogP contribution in [0.25, 0.3) is 11.3 Å². The molecule has 3 aromatic rings. The van der Waals surface area contributed by atoms with Crippen LogP contribution in [0.15, 0.2) is 54.6 Å². The second kappa shape index (κ2) is 14.0. The minimum atomic E-state index is -0.432. The summed E-state index contributed by atoms with van der Waals surface area (Å²) in [5, 5.41) is 3.68. The van der Waals surface area contributed by atoms with Crippen LogP contribution in [-0.2, 0) is 17.6 Å². The van der Waals surface area contributed by atoms with Crippen molar-refractivity contribution in [3.63, 3.8) is 0 Å². The largest absolute Gasteiger partial charge is 0.483 e. The van der Waals surface area contributed by atoms with Crippen LogP contribution in [0, 0.1) is 0 Å². The molecule has 1 saturated heterocycles. The first-order valence-corrected chi connectivity index (χ1v) is 15.1. The minimum Gasteiger partial charge on any atom is -0.483 e. The zero-order valence-corrected chi connectivity index (χ0v) is 24.3. The maximum absolute atomic E-state index is 12.7. The molecule has 0 unspecified atom stereocenters. The van der Waals surface area contributed by atoms with Gasteiger partial charge in [0.25, 0.3) is 11.8 Å². The van der Waals surface area contributed by atoms with Crippen LogP contribution < -0.4 is 15.8 Å². The number of hydrogen-bond donors (Lipinski definition) is 2. The number of carbonyl (C=O) groups excluding carboxylic acids is 2. The summed E-state index contributed by atoms with van der Waals surface area (Å²) < 4.78 is 6.02. The smallest absolute Gasteiger partial charge is 0.269 e. The Bertz CT molecular complexity index is 1350. The molecule has 5 rings (SSSR count). The van der Waals surface area contributed by atoms with Gasteiger partial charge in [0.2, 0.25) is 0 Å². The lowest BCUT2D eigenvalue weighted by molar-refractivity contribution is -0.119. The van der Waals surface area contributed by atoms with Crippen molar-refractivity contribution >= 4 is 23.4 Å². The summed E-state index contributed by atoms with van der Waals surface area (Å²) >= 11 is 5.99. The molecule has 0 saturated carbocycles. The number of fused-ring (bicyclic) bond motifs is 1. The third kappa shape index (κ3) is 7.66. The van der Waals surface area contributed by atoms with E-state index in [0.717, 1.165) is 81.6 Å². The maximum Gasteiger partial charge on any atom is 0.269 e. The number of ether oxygens (including phenoxy) is 1. The predicted molar refractivity (Wildman–Crippen MR) is 162 cm³/mol. The normalized spacial score (nSPS) is 15.7. The molecular weight excluding hydrogens is 536 g/mol. The highest BCUT2D eigenvalue weighted by atomic mass is 35.5. The molecule has 2 aromatic carbocycles. The summed E-state index contributed by atoms with van der Waals surface area (Å²) in [6.45, 7) is 3.64. The zero-order valence-electron chi connectivity index (χ0n) is 23.5. The first-order valence-electron chi connectivity index (χ1n) is 14.8. The lowest BCUT2D eigenvalue weighted by Crippen LogP contribution is -2.34. The highest BCUT2D eigenvalue weighted by Crippen LogP contribution is 2.40. The Morgan fingerprint density at radius 3 is 2.56 bits per heavy atom. The number of unbranched alkanes of at least 4 members (excludes halogenated alkanes) is 1. The lowest BCUT2D eigenvalue weighted by atomic mass is 9.83. The number of rotatable bonds is 11. The molecule has 0 radical (unpaired) electrons. The number of nitrogens with zero attached hydrogens (tertiary/aromatic N) is 2. The van der Waals surface area contributed by atoms with Crippen LogP contribution in [0.2, 0.25) is 5.02 Å². The van der Waals surface area contributed by atoms with E-state index in [2.05, 4.69) is 27.3 Å². The van der Waals surface area contributed by atoms with E-state index < -0.39 is 5.91 Å². The molecule has 216 valence electrons. The summed E-state index contributed by atoms with van der Waals surface area (Å²) in [4.78, 5) is 31.2. The van der Waals surface area contributed by atoms with Gasteiger partial charge in [-0.3, -0.25) is 9.59 Å². The standard InChI is InChI=1S/C33H39ClN4O3/c34-26-13-10-25(11-14-26)29-8-5-9-30(37-29)33(40)36-18-3-4-19-38-20-16-24(17-21-38)28-15-12-23-6-1-2-7-27(23)32(28)41-22-31(35)39/h5,8-15,24H,1-4,6-7,16-22H2,(H2,35,39)(H,36,40). The molecular formula is C33H39ClN4O3. The number of pyridine rings is 1. The molecule has 0 atom stereocenters. The van der Waals surface area contributed by atoms with Crippen molar-refractivity contribution in [2.45, 2.75) is 57.3 Å². The molecule has 2 amide bonds. The van der Waals surface area contributed by atoms with Crippen molar-refractivity contribution in [3.8, 4) is 17.0 Å². The van der Waals surface area contributed by atoms with Crippen molar-refractivity contribution in [1.82, 2.24) is 15.2 Å². The fourth-order valence-corrected chi connectivity index (χ4v) is 6.14. The highest BCUT2D eigenvalue weighted by Gasteiger charge is 2.26. The Balaban J connectivity index is 1.06. The van der Waals surface area contributed by atoms with Crippen molar-refractivity contribution in [2.75, 3.05) is 32.8 Å². The van der Waals surface area contributed by atoms with Gasteiger partial charge >= 0.3 is 0 Å². The van der Waals surface area contributed by atoms with Crippen LogP contribution in [0.4, 0.5) is 0 Å². The van der Waals surface area contributed by atoms with E-state index in [0.29, 0.717) is 23.2 Å². The number of carbonyl (C=O) groups is 2. The summed E-state index contributed by atoms with van der Waals surface area (Å²) in [5.41, 5.74) is 11.4. The van der Waals surface area contributed by atoms with Gasteiger partial charge in [0.15, 0.2) is 6.61 Å². The number of likely N-dealkylation sites (tertiary alicyclic amines) is 1. The van der Waals surface area contributed by atoms with Crippen LogP contribution in [0.3, 0.4) is 0 Å². The topological polar surface area (TPSA) is 97.5 Å². The number of halogens is 1. The zero-order chi connectivity index (χ0) is 28.6. The Morgan fingerprint density at radius 2 is 1.78 bits per heavy atom. The first kappa shape index (κ1) is 29.1. The highest BCUT2D eigenvalue weighted by molar-refractivity contribution is 6.30. The molecule has 0 bridgehead atoms. The SMILES string of the molecule is NC(=O)COc1c(C2CCN(CCCCNC(=O)c3cccc(-c4ccc(Cl)cc4)n3)CC2)ccc2c1CCCC2. The Labute approximate surface area is 247 Å². The number of piperidine rings is 1. The summed E-state index contributed by atoms with van der Waals surface area (Å²) in [5.74, 6) is 0.763. The maximum atomic E-state index is 12.7. The Kier molecular flexibility index (Phi) is 9.91. The number of nitrogens with one attached hydrogen (secondary N) is 1. The van der Waals surface area contributed by atoms with E-state index in [1.165, 1.54) is 23.1 Å². The number of aromatic nitrogens is 1. The van der Waals surface area contributed by atoms with E-state index in [4.69, 9.17) is 22.1 Å². The second-order valence-corrected chi connectivity index (χ2v) is 11.5. The molecule has 1 aromatic heterocycles. The number of amides is 2. The summed E-state index contributed by atoms with van der Waals surface area (Å²) in [6, 6.07) is 17.4. The molecule has 8 heteroatoms. The van der Waals surface area contributed by atoms with Gasteiger partial charge < -0.3 is 20.7 Å². The van der Waals surface area contributed by atoms with Gasteiger partial charge in [0.1, 0.15) is 11.4 Å². The van der Waals surface area contributed by atoms with Gasteiger partial charge in [0.05, 0.1) is 5.69 Å². The summed E-state index contributed by atoms with van der Waals surface area (Å²) in [6.07, 6.45) is 8.53. The molecule has 41 heavy (non-hydrogen) atoms. The van der Waals surface area contributed by atoms with Gasteiger partial charge in [-0.2, -0.15) is 0 Å². The molecule has 0 spiro atoms. The molecule has 7 nitrogen and oxygen atoms in total. The third-order valence-corrected chi connectivity index (χ3v) is 8.46. The van der Waals surface area contributed by atoms with Gasteiger partial charge in [-0.1, -0.05) is 41.9 Å². The number of nitrogens with two attached hydrogens (primary N) is 1. The first-order chi connectivity index (χ1) is 20.0. The average molecular weight is 575 g/mol. The molecule has 3 N–H and O–H groups in total. The van der Waals surface area contributed by atoms with Gasteiger partial charge in [-0.05, 0) is 118 Å². The predicted octanol–water partition coefficient (Wildman–Crippen LogP) is 5.53. The second-order valence-electron chi connectivity index (χ2n) is 11.1. The van der Waals surface area contributed by atoms with E-state index >= 15 is 0 Å². The average Bonchev–Trinajstić information content (AvgIpc) is 3.00.